The van der Waals surface area contributed by atoms with Gasteiger partial charge in [0.2, 0.25) is 12.7 Å². The first-order valence-electron chi connectivity index (χ1n) is 8.51. The smallest absolute Gasteiger partial charge is 0.277 e. The van der Waals surface area contributed by atoms with Crippen molar-refractivity contribution in [3.05, 3.63) is 53.8 Å². The number of carbonyl (C=O) groups is 1. The summed E-state index contributed by atoms with van der Waals surface area (Å²) in [4.78, 5) is 12.3. The van der Waals surface area contributed by atoms with Crippen LogP contribution in [0.15, 0.2) is 52.1 Å². The topological polar surface area (TPSA) is 86.5 Å². The second-order valence-corrected chi connectivity index (χ2v) is 7.31. The van der Waals surface area contributed by atoms with E-state index >= 15 is 0 Å². The molecule has 0 spiro atoms. The molecule has 4 rings (SSSR count). The van der Waals surface area contributed by atoms with E-state index in [0.717, 1.165) is 17.3 Å². The lowest BCUT2D eigenvalue weighted by atomic mass is 10.2. The molecule has 0 saturated heterocycles. The van der Waals surface area contributed by atoms with Gasteiger partial charge in [-0.25, -0.2) is 4.39 Å². The van der Waals surface area contributed by atoms with Crippen LogP contribution in [0.5, 0.6) is 11.5 Å². The van der Waals surface area contributed by atoms with Crippen molar-refractivity contribution in [1.29, 1.82) is 0 Å². The second kappa shape index (κ2) is 7.89. The van der Waals surface area contributed by atoms with Crippen molar-refractivity contribution in [2.45, 2.75) is 23.9 Å². The van der Waals surface area contributed by atoms with Crippen molar-refractivity contribution in [1.82, 2.24) is 15.5 Å². The number of amides is 1. The molecule has 1 aliphatic rings. The van der Waals surface area contributed by atoms with Crippen molar-refractivity contribution in [3.8, 4) is 23.0 Å². The molecular formula is C19H16FN3O4S. The molecule has 1 atom stereocenters. The number of hydrogen-bond donors (Lipinski definition) is 1. The van der Waals surface area contributed by atoms with Gasteiger partial charge in [0.1, 0.15) is 5.82 Å². The van der Waals surface area contributed by atoms with Crippen LogP contribution >= 0.6 is 11.8 Å². The number of fused-ring (bicyclic) bond motifs is 1. The molecular weight excluding hydrogens is 385 g/mol. The lowest BCUT2D eigenvalue weighted by Gasteiger charge is -2.10. The Kier molecular flexibility index (Phi) is 5.16. The molecule has 1 aliphatic heterocycles. The van der Waals surface area contributed by atoms with Crippen LogP contribution in [0.1, 0.15) is 12.5 Å². The Morgan fingerprint density at radius 2 is 2.04 bits per heavy atom. The normalized spacial score (nSPS) is 13.4. The number of nitrogens with zero attached hydrogens (tertiary/aromatic N) is 2. The lowest BCUT2D eigenvalue weighted by Crippen LogP contribution is -2.30. The minimum atomic E-state index is -0.470. The maximum atomic E-state index is 13.8. The molecule has 0 bridgehead atoms. The average molecular weight is 401 g/mol. The summed E-state index contributed by atoms with van der Waals surface area (Å²) in [5, 5.41) is 10.3. The van der Waals surface area contributed by atoms with Gasteiger partial charge in [-0.3, -0.25) is 4.79 Å². The molecule has 1 aromatic heterocycles. The van der Waals surface area contributed by atoms with Gasteiger partial charge < -0.3 is 19.2 Å². The summed E-state index contributed by atoms with van der Waals surface area (Å²) in [6.45, 7) is 2.29. The van der Waals surface area contributed by atoms with Crippen molar-refractivity contribution < 1.29 is 23.1 Å². The van der Waals surface area contributed by atoms with Crippen LogP contribution in [-0.4, -0.2) is 28.1 Å². The zero-order valence-corrected chi connectivity index (χ0v) is 15.7. The predicted molar refractivity (Wildman–Crippen MR) is 99.4 cm³/mol. The van der Waals surface area contributed by atoms with Gasteiger partial charge in [0, 0.05) is 6.54 Å². The van der Waals surface area contributed by atoms with Crippen LogP contribution in [-0.2, 0) is 11.3 Å². The fourth-order valence-electron chi connectivity index (χ4n) is 2.59. The molecule has 0 unspecified atom stereocenters. The molecule has 0 fully saturated rings. The average Bonchev–Trinajstić information content (AvgIpc) is 3.35. The minimum absolute atomic E-state index is 0.0774. The fraction of sp³-hybridized carbons (Fsp3) is 0.211. The number of nitrogens with one attached hydrogen (secondary N) is 1. The molecule has 2 heterocycles. The summed E-state index contributed by atoms with van der Waals surface area (Å²) in [6, 6.07) is 11.6. The number of ether oxygens (including phenoxy) is 2. The SMILES string of the molecule is C[C@H](Sc1nnc(-c2ccccc2F)o1)C(=O)NCc1ccc2c(c1)OCO2. The first kappa shape index (κ1) is 18.3. The summed E-state index contributed by atoms with van der Waals surface area (Å²) in [6.07, 6.45) is 0. The van der Waals surface area contributed by atoms with Crippen molar-refractivity contribution in [2.75, 3.05) is 6.79 Å². The molecule has 28 heavy (non-hydrogen) atoms. The van der Waals surface area contributed by atoms with E-state index < -0.39 is 11.1 Å². The van der Waals surface area contributed by atoms with E-state index in [9.17, 15) is 9.18 Å². The lowest BCUT2D eigenvalue weighted by molar-refractivity contribution is -0.120. The number of hydrogen-bond acceptors (Lipinski definition) is 7. The van der Waals surface area contributed by atoms with E-state index in [1.807, 2.05) is 18.2 Å². The molecule has 0 aliphatic carbocycles. The summed E-state index contributed by atoms with van der Waals surface area (Å²) >= 11 is 1.11. The number of halogens is 1. The van der Waals surface area contributed by atoms with Gasteiger partial charge in [-0.05, 0) is 36.8 Å². The van der Waals surface area contributed by atoms with Crippen molar-refractivity contribution in [2.24, 2.45) is 0 Å². The van der Waals surface area contributed by atoms with Gasteiger partial charge in [-0.1, -0.05) is 30.0 Å². The highest BCUT2D eigenvalue weighted by Gasteiger charge is 2.20. The van der Waals surface area contributed by atoms with E-state index in [4.69, 9.17) is 13.9 Å². The summed E-state index contributed by atoms with van der Waals surface area (Å²) in [5.41, 5.74) is 1.12. The monoisotopic (exact) mass is 401 g/mol. The Hall–Kier alpha value is -3.07. The van der Waals surface area contributed by atoms with Gasteiger partial charge in [0.25, 0.3) is 11.1 Å². The Morgan fingerprint density at radius 3 is 2.89 bits per heavy atom. The summed E-state index contributed by atoms with van der Waals surface area (Å²) < 4.78 is 29.9. The fourth-order valence-corrected chi connectivity index (χ4v) is 3.30. The van der Waals surface area contributed by atoms with Crippen LogP contribution in [0.2, 0.25) is 0 Å². The van der Waals surface area contributed by atoms with Crippen molar-refractivity contribution in [3.63, 3.8) is 0 Å². The summed E-state index contributed by atoms with van der Waals surface area (Å²) in [5.74, 6) is 0.806. The van der Waals surface area contributed by atoms with Crippen LogP contribution < -0.4 is 14.8 Å². The molecule has 1 amide bonds. The second-order valence-electron chi connectivity index (χ2n) is 6.02. The highest BCUT2D eigenvalue weighted by atomic mass is 32.2. The molecule has 0 radical (unpaired) electrons. The maximum absolute atomic E-state index is 13.8. The van der Waals surface area contributed by atoms with E-state index in [2.05, 4.69) is 15.5 Å². The quantitative estimate of drug-likeness (QED) is 0.634. The Balaban J connectivity index is 1.34. The van der Waals surface area contributed by atoms with Crippen LogP contribution in [0.25, 0.3) is 11.5 Å². The Bertz CT molecular complexity index is 1010. The van der Waals surface area contributed by atoms with Gasteiger partial charge in [-0.2, -0.15) is 0 Å². The van der Waals surface area contributed by atoms with Gasteiger partial charge in [-0.15, -0.1) is 10.2 Å². The standard InChI is InChI=1S/C19H16FN3O4S/c1-11(17(24)21-9-12-6-7-15-16(8-12)26-10-25-15)28-19-23-22-18(27-19)13-4-2-3-5-14(13)20/h2-8,11H,9-10H2,1H3,(H,21,24)/t11-/m0/s1. The number of aromatic nitrogens is 2. The molecule has 9 heteroatoms. The van der Waals surface area contributed by atoms with Gasteiger partial charge in [0.15, 0.2) is 11.5 Å². The predicted octanol–water partition coefficient (Wildman–Crippen LogP) is 3.40. The summed E-state index contributed by atoms with van der Waals surface area (Å²) in [7, 11) is 0. The third kappa shape index (κ3) is 3.94. The Labute approximate surface area is 164 Å². The van der Waals surface area contributed by atoms with Gasteiger partial charge >= 0.3 is 0 Å². The number of thioether (sulfide) groups is 1. The van der Waals surface area contributed by atoms with Gasteiger partial charge in [0.05, 0.1) is 10.8 Å². The third-order valence-corrected chi connectivity index (χ3v) is 5.00. The molecule has 1 N–H and O–H groups in total. The zero-order chi connectivity index (χ0) is 19.5. The maximum Gasteiger partial charge on any atom is 0.277 e. The molecule has 144 valence electrons. The third-order valence-electron chi connectivity index (χ3n) is 4.06. The number of benzene rings is 2. The first-order chi connectivity index (χ1) is 13.6. The highest BCUT2D eigenvalue weighted by molar-refractivity contribution is 8.00. The van der Waals surface area contributed by atoms with E-state index in [1.165, 1.54) is 6.07 Å². The first-order valence-corrected chi connectivity index (χ1v) is 9.39. The van der Waals surface area contributed by atoms with E-state index in [1.54, 1.807) is 25.1 Å². The number of rotatable bonds is 6. The largest absolute Gasteiger partial charge is 0.454 e. The van der Waals surface area contributed by atoms with Crippen molar-refractivity contribution >= 4 is 17.7 Å². The zero-order valence-electron chi connectivity index (χ0n) is 14.8. The highest BCUT2D eigenvalue weighted by Crippen LogP contribution is 2.32. The van der Waals surface area contributed by atoms with Crippen LogP contribution in [0, 0.1) is 5.82 Å². The Morgan fingerprint density at radius 1 is 1.21 bits per heavy atom. The molecule has 0 saturated carbocycles. The molecule has 7 nitrogen and oxygen atoms in total. The minimum Gasteiger partial charge on any atom is -0.454 e. The number of carbonyl (C=O) groups excluding carboxylic acids is 1. The molecule has 3 aromatic rings. The van der Waals surface area contributed by atoms with Crippen LogP contribution in [0.4, 0.5) is 4.39 Å². The molecule has 2 aromatic carbocycles. The van der Waals surface area contributed by atoms with E-state index in [-0.39, 0.29) is 29.4 Å². The van der Waals surface area contributed by atoms with Crippen LogP contribution in [0.3, 0.4) is 0 Å². The van der Waals surface area contributed by atoms with E-state index in [0.29, 0.717) is 18.0 Å².